The SMILES string of the molecule is CNC(=O)NC(=O)C(C)NCCCOc1ccccc1. The van der Waals surface area contributed by atoms with E-state index in [1.54, 1.807) is 6.92 Å². The van der Waals surface area contributed by atoms with E-state index < -0.39 is 12.1 Å². The molecule has 0 spiro atoms. The minimum Gasteiger partial charge on any atom is -0.494 e. The Morgan fingerprint density at radius 3 is 2.60 bits per heavy atom. The fourth-order valence-corrected chi connectivity index (χ4v) is 1.47. The number of hydrogen-bond donors (Lipinski definition) is 3. The van der Waals surface area contributed by atoms with Crippen molar-refractivity contribution in [3.63, 3.8) is 0 Å². The Balaban J connectivity index is 2.11. The van der Waals surface area contributed by atoms with Gasteiger partial charge >= 0.3 is 6.03 Å². The van der Waals surface area contributed by atoms with Gasteiger partial charge in [0.2, 0.25) is 5.91 Å². The molecular formula is C14H21N3O3. The maximum absolute atomic E-state index is 11.5. The van der Waals surface area contributed by atoms with Gasteiger partial charge in [0.25, 0.3) is 0 Å². The molecule has 1 unspecified atom stereocenters. The molecule has 0 bridgehead atoms. The predicted octanol–water partition coefficient (Wildman–Crippen LogP) is 0.889. The number of imide groups is 1. The lowest BCUT2D eigenvalue weighted by Crippen LogP contribution is -2.47. The largest absolute Gasteiger partial charge is 0.494 e. The predicted molar refractivity (Wildman–Crippen MR) is 76.6 cm³/mol. The van der Waals surface area contributed by atoms with Gasteiger partial charge < -0.3 is 15.4 Å². The van der Waals surface area contributed by atoms with E-state index in [4.69, 9.17) is 4.74 Å². The van der Waals surface area contributed by atoms with Crippen LogP contribution < -0.4 is 20.7 Å². The summed E-state index contributed by atoms with van der Waals surface area (Å²) in [5, 5.41) is 7.57. The van der Waals surface area contributed by atoms with Gasteiger partial charge in [0.05, 0.1) is 12.6 Å². The number of urea groups is 1. The average Bonchev–Trinajstić information content (AvgIpc) is 2.47. The van der Waals surface area contributed by atoms with Gasteiger partial charge in [-0.3, -0.25) is 10.1 Å². The van der Waals surface area contributed by atoms with Gasteiger partial charge in [-0.15, -0.1) is 0 Å². The third-order valence-corrected chi connectivity index (χ3v) is 2.64. The molecule has 1 rings (SSSR count). The maximum Gasteiger partial charge on any atom is 0.321 e. The normalized spacial score (nSPS) is 11.5. The molecule has 0 aliphatic carbocycles. The molecule has 3 N–H and O–H groups in total. The van der Waals surface area contributed by atoms with E-state index in [0.717, 1.165) is 12.2 Å². The molecule has 6 heteroatoms. The minimum atomic E-state index is -0.504. The van der Waals surface area contributed by atoms with E-state index in [-0.39, 0.29) is 5.91 Å². The molecule has 0 heterocycles. The van der Waals surface area contributed by atoms with Crippen LogP contribution in [-0.2, 0) is 4.79 Å². The summed E-state index contributed by atoms with van der Waals surface area (Å²) in [5.41, 5.74) is 0. The van der Waals surface area contributed by atoms with E-state index in [1.165, 1.54) is 7.05 Å². The highest BCUT2D eigenvalue weighted by molar-refractivity contribution is 5.96. The van der Waals surface area contributed by atoms with Crippen molar-refractivity contribution in [1.29, 1.82) is 0 Å². The van der Waals surface area contributed by atoms with Gasteiger partial charge in [0, 0.05) is 7.05 Å². The Morgan fingerprint density at radius 2 is 1.95 bits per heavy atom. The van der Waals surface area contributed by atoms with Crippen LogP contribution in [0.5, 0.6) is 5.75 Å². The highest BCUT2D eigenvalue weighted by Crippen LogP contribution is 2.07. The molecular weight excluding hydrogens is 258 g/mol. The molecule has 0 aliphatic rings. The Kier molecular flexibility index (Phi) is 7.13. The first-order valence-electron chi connectivity index (χ1n) is 6.57. The number of para-hydroxylation sites is 1. The second kappa shape index (κ2) is 8.92. The molecule has 0 fully saturated rings. The van der Waals surface area contributed by atoms with Crippen LogP contribution >= 0.6 is 0 Å². The molecule has 0 saturated carbocycles. The molecule has 3 amide bonds. The number of ether oxygens (including phenoxy) is 1. The highest BCUT2D eigenvalue weighted by Gasteiger charge is 2.13. The third kappa shape index (κ3) is 6.19. The molecule has 1 atom stereocenters. The summed E-state index contributed by atoms with van der Waals surface area (Å²) in [7, 11) is 1.46. The van der Waals surface area contributed by atoms with Crippen molar-refractivity contribution < 1.29 is 14.3 Å². The lowest BCUT2D eigenvalue weighted by Gasteiger charge is -2.13. The summed E-state index contributed by atoms with van der Waals surface area (Å²) in [5.74, 6) is 0.478. The van der Waals surface area contributed by atoms with Gasteiger partial charge in [0.15, 0.2) is 0 Å². The number of carbonyl (C=O) groups excluding carboxylic acids is 2. The van der Waals surface area contributed by atoms with Crippen molar-refractivity contribution in [1.82, 2.24) is 16.0 Å². The highest BCUT2D eigenvalue weighted by atomic mass is 16.5. The lowest BCUT2D eigenvalue weighted by atomic mass is 10.3. The summed E-state index contributed by atoms with van der Waals surface area (Å²) < 4.78 is 5.53. The quantitative estimate of drug-likeness (QED) is 0.648. The zero-order valence-corrected chi connectivity index (χ0v) is 11.8. The smallest absolute Gasteiger partial charge is 0.321 e. The van der Waals surface area contributed by atoms with Crippen molar-refractivity contribution in [3.8, 4) is 5.75 Å². The first-order valence-corrected chi connectivity index (χ1v) is 6.57. The second-order valence-electron chi connectivity index (χ2n) is 4.26. The first kappa shape index (κ1) is 16.0. The summed E-state index contributed by atoms with van der Waals surface area (Å²) in [6.45, 7) is 2.91. The molecule has 6 nitrogen and oxygen atoms in total. The maximum atomic E-state index is 11.5. The number of amides is 3. The Hall–Kier alpha value is -2.08. The molecule has 0 aromatic heterocycles. The van der Waals surface area contributed by atoms with E-state index in [1.807, 2.05) is 30.3 Å². The summed E-state index contributed by atoms with van der Waals surface area (Å²) >= 11 is 0. The summed E-state index contributed by atoms with van der Waals surface area (Å²) in [4.78, 5) is 22.5. The van der Waals surface area contributed by atoms with Crippen molar-refractivity contribution in [2.24, 2.45) is 0 Å². The molecule has 110 valence electrons. The number of rotatable bonds is 7. The van der Waals surface area contributed by atoms with Crippen LogP contribution in [-0.4, -0.2) is 38.2 Å². The van der Waals surface area contributed by atoms with Gasteiger partial charge in [0.1, 0.15) is 5.75 Å². The first-order chi connectivity index (χ1) is 9.63. The fraction of sp³-hybridized carbons (Fsp3) is 0.429. The monoisotopic (exact) mass is 279 g/mol. The minimum absolute atomic E-state index is 0.353. The zero-order valence-electron chi connectivity index (χ0n) is 11.8. The second-order valence-corrected chi connectivity index (χ2v) is 4.26. The van der Waals surface area contributed by atoms with Crippen molar-refractivity contribution in [2.45, 2.75) is 19.4 Å². The van der Waals surface area contributed by atoms with Crippen LogP contribution in [0.4, 0.5) is 4.79 Å². The van der Waals surface area contributed by atoms with Crippen LogP contribution in [0.1, 0.15) is 13.3 Å². The Morgan fingerprint density at radius 1 is 1.25 bits per heavy atom. The molecule has 0 saturated heterocycles. The van der Waals surface area contributed by atoms with E-state index in [9.17, 15) is 9.59 Å². The number of hydrogen-bond acceptors (Lipinski definition) is 4. The van der Waals surface area contributed by atoms with Crippen LogP contribution in [0, 0.1) is 0 Å². The van der Waals surface area contributed by atoms with E-state index >= 15 is 0 Å². The topological polar surface area (TPSA) is 79.5 Å². The van der Waals surface area contributed by atoms with Crippen LogP contribution in [0.25, 0.3) is 0 Å². The molecule has 0 aliphatic heterocycles. The standard InChI is InChI=1S/C14H21N3O3/c1-11(13(18)17-14(19)15-2)16-9-6-10-20-12-7-4-3-5-8-12/h3-5,7-8,11,16H,6,9-10H2,1-2H3,(H2,15,17,18,19). The van der Waals surface area contributed by atoms with E-state index in [0.29, 0.717) is 13.2 Å². The zero-order chi connectivity index (χ0) is 14.8. The number of carbonyl (C=O) groups is 2. The van der Waals surface area contributed by atoms with Gasteiger partial charge in [-0.2, -0.15) is 0 Å². The Bertz CT molecular complexity index is 423. The van der Waals surface area contributed by atoms with Crippen molar-refractivity contribution in [3.05, 3.63) is 30.3 Å². The molecule has 1 aromatic carbocycles. The van der Waals surface area contributed by atoms with E-state index in [2.05, 4.69) is 16.0 Å². The van der Waals surface area contributed by atoms with Crippen molar-refractivity contribution >= 4 is 11.9 Å². The van der Waals surface area contributed by atoms with Crippen LogP contribution in [0.15, 0.2) is 30.3 Å². The third-order valence-electron chi connectivity index (χ3n) is 2.64. The molecule has 1 aromatic rings. The summed E-state index contributed by atoms with van der Waals surface area (Å²) in [6, 6.07) is 8.62. The number of benzene rings is 1. The van der Waals surface area contributed by atoms with Gasteiger partial charge in [-0.25, -0.2) is 4.79 Å². The molecule has 0 radical (unpaired) electrons. The number of nitrogens with one attached hydrogen (secondary N) is 3. The van der Waals surface area contributed by atoms with Gasteiger partial charge in [-0.05, 0) is 32.0 Å². The lowest BCUT2D eigenvalue weighted by molar-refractivity contribution is -0.121. The van der Waals surface area contributed by atoms with Gasteiger partial charge in [-0.1, -0.05) is 18.2 Å². The summed E-state index contributed by atoms with van der Waals surface area (Å²) in [6.07, 6.45) is 0.770. The molecule has 20 heavy (non-hydrogen) atoms. The van der Waals surface area contributed by atoms with Crippen LogP contribution in [0.2, 0.25) is 0 Å². The van der Waals surface area contributed by atoms with Crippen molar-refractivity contribution in [2.75, 3.05) is 20.2 Å². The Labute approximate surface area is 118 Å². The van der Waals surface area contributed by atoms with Crippen LogP contribution in [0.3, 0.4) is 0 Å². The average molecular weight is 279 g/mol. The fourth-order valence-electron chi connectivity index (χ4n) is 1.47.